The molecule has 0 aliphatic heterocycles. The van der Waals surface area contributed by atoms with Gasteiger partial charge in [-0.25, -0.2) is 4.79 Å². The highest BCUT2D eigenvalue weighted by Crippen LogP contribution is 2.37. The van der Waals surface area contributed by atoms with Crippen molar-refractivity contribution >= 4 is 77.9 Å². The van der Waals surface area contributed by atoms with E-state index in [-0.39, 0.29) is 0 Å². The van der Waals surface area contributed by atoms with Crippen LogP contribution < -0.4 is 10.6 Å². The molecule has 0 saturated heterocycles. The van der Waals surface area contributed by atoms with Crippen molar-refractivity contribution in [1.29, 1.82) is 0 Å². The summed E-state index contributed by atoms with van der Waals surface area (Å²) in [4.78, 5) is 12.2. The fourth-order valence-corrected chi connectivity index (χ4v) is 4.84. The highest BCUT2D eigenvalue weighted by molar-refractivity contribution is 9.10. The van der Waals surface area contributed by atoms with Gasteiger partial charge in [-0.05, 0) is 66.6 Å². The first-order chi connectivity index (χ1) is 13.8. The second-order valence-corrected chi connectivity index (χ2v) is 9.02. The monoisotopic (exact) mass is 514 g/mol. The minimum Gasteiger partial charge on any atom is -0.465 e. The molecule has 0 amide bonds. The van der Waals surface area contributed by atoms with Gasteiger partial charge in [0.2, 0.25) is 0 Å². The topological polar surface area (TPSA) is 68.2 Å². The number of thiocarbonyl (C=S) groups is 1. The van der Waals surface area contributed by atoms with Crippen LogP contribution in [0.4, 0.5) is 5.69 Å². The number of aromatic nitrogens is 2. The molecular weight excluding hydrogens is 496 g/mol. The van der Waals surface area contributed by atoms with E-state index in [1.54, 1.807) is 0 Å². The van der Waals surface area contributed by atoms with E-state index in [0.717, 1.165) is 51.1 Å². The molecule has 2 N–H and O–H groups in total. The summed E-state index contributed by atoms with van der Waals surface area (Å²) >= 11 is 16.5. The van der Waals surface area contributed by atoms with Crippen molar-refractivity contribution in [2.45, 2.75) is 26.8 Å². The van der Waals surface area contributed by atoms with Gasteiger partial charge in [0, 0.05) is 34.6 Å². The number of nitrogens with zero attached hydrogens (tertiary/aromatic N) is 2. The standard InChI is InChI=1S/C19H20BrClN4O2S2/c1-10-15(20)11(2)25(24-10)8-4-7-22-19(28)23-12-5-6-13-14(9-12)29-17(16(13)21)18(26)27-3/h5-6,9H,4,7-8H2,1-3H3,(H2,22,23,28). The lowest BCUT2D eigenvalue weighted by molar-refractivity contribution is 0.0606. The quantitative estimate of drug-likeness (QED) is 0.264. The molecule has 0 bridgehead atoms. The van der Waals surface area contributed by atoms with Crippen LogP contribution in [0.25, 0.3) is 10.1 Å². The minimum atomic E-state index is -0.433. The molecule has 154 valence electrons. The lowest BCUT2D eigenvalue weighted by atomic mass is 10.2. The SMILES string of the molecule is COC(=O)c1sc2cc(NC(=S)NCCCn3nc(C)c(Br)c3C)ccc2c1Cl. The molecule has 0 spiro atoms. The summed E-state index contributed by atoms with van der Waals surface area (Å²) < 4.78 is 8.71. The normalized spacial score (nSPS) is 10.9. The third-order valence-corrected chi connectivity index (χ3v) is 7.41. The number of methoxy groups -OCH3 is 1. The van der Waals surface area contributed by atoms with E-state index in [1.807, 2.05) is 36.7 Å². The molecule has 6 nitrogen and oxygen atoms in total. The summed E-state index contributed by atoms with van der Waals surface area (Å²) in [5.41, 5.74) is 2.94. The Kier molecular flexibility index (Phi) is 7.15. The fraction of sp³-hybridized carbons (Fsp3) is 0.316. The second kappa shape index (κ2) is 9.42. The number of rotatable bonds is 6. The lowest BCUT2D eigenvalue weighted by Crippen LogP contribution is -2.29. The number of fused-ring (bicyclic) bond motifs is 1. The molecule has 10 heteroatoms. The van der Waals surface area contributed by atoms with Crippen molar-refractivity contribution in [3.05, 3.63) is 44.0 Å². The maximum atomic E-state index is 11.8. The number of esters is 1. The number of thiophene rings is 1. The third kappa shape index (κ3) is 4.91. The van der Waals surface area contributed by atoms with E-state index < -0.39 is 5.97 Å². The van der Waals surface area contributed by atoms with Crippen molar-refractivity contribution in [3.63, 3.8) is 0 Å². The van der Waals surface area contributed by atoms with Gasteiger partial charge in [-0.2, -0.15) is 5.10 Å². The number of benzene rings is 1. The zero-order valence-corrected chi connectivity index (χ0v) is 20.1. The van der Waals surface area contributed by atoms with Crippen LogP contribution in [0.15, 0.2) is 22.7 Å². The average Bonchev–Trinajstić information content (AvgIpc) is 3.15. The molecule has 0 fully saturated rings. The zero-order chi connectivity index (χ0) is 21.1. The van der Waals surface area contributed by atoms with Crippen LogP contribution in [0.5, 0.6) is 0 Å². The Morgan fingerprint density at radius 2 is 2.17 bits per heavy atom. The Labute approximate surface area is 191 Å². The molecule has 0 radical (unpaired) electrons. The summed E-state index contributed by atoms with van der Waals surface area (Å²) in [6, 6.07) is 5.66. The van der Waals surface area contributed by atoms with Crippen molar-refractivity contribution in [3.8, 4) is 0 Å². The van der Waals surface area contributed by atoms with Crippen LogP contribution in [0.3, 0.4) is 0 Å². The van der Waals surface area contributed by atoms with Crippen LogP contribution >= 0.6 is 51.1 Å². The van der Waals surface area contributed by atoms with Crippen molar-refractivity contribution < 1.29 is 9.53 Å². The number of carbonyl (C=O) groups is 1. The summed E-state index contributed by atoms with van der Waals surface area (Å²) in [5.74, 6) is -0.433. The number of hydrogen-bond acceptors (Lipinski definition) is 5. The third-order valence-electron chi connectivity index (χ3n) is 4.38. The number of anilines is 1. The van der Waals surface area contributed by atoms with Crippen molar-refractivity contribution in [1.82, 2.24) is 15.1 Å². The number of aryl methyl sites for hydroxylation is 2. The van der Waals surface area contributed by atoms with Crippen molar-refractivity contribution in [2.75, 3.05) is 19.0 Å². The fourth-order valence-electron chi connectivity index (χ4n) is 2.87. The van der Waals surface area contributed by atoms with Crippen LogP contribution in [0.1, 0.15) is 27.5 Å². The molecule has 3 rings (SSSR count). The summed E-state index contributed by atoms with van der Waals surface area (Å²) in [6.07, 6.45) is 0.887. The molecule has 0 atom stereocenters. The van der Waals surface area contributed by atoms with Crippen molar-refractivity contribution in [2.24, 2.45) is 0 Å². The van der Waals surface area contributed by atoms with E-state index >= 15 is 0 Å². The van der Waals surface area contributed by atoms with Gasteiger partial charge in [-0.1, -0.05) is 11.6 Å². The zero-order valence-electron chi connectivity index (χ0n) is 16.1. The molecular formula is C19H20BrClN4O2S2. The first kappa shape index (κ1) is 22.0. The Morgan fingerprint density at radius 3 is 2.83 bits per heavy atom. The largest absolute Gasteiger partial charge is 0.465 e. The predicted octanol–water partition coefficient (Wildman–Crippen LogP) is 5.29. The van der Waals surface area contributed by atoms with Crippen LogP contribution in [0, 0.1) is 13.8 Å². The van der Waals surface area contributed by atoms with Crippen LogP contribution in [0.2, 0.25) is 5.02 Å². The Balaban J connectivity index is 1.55. The van der Waals surface area contributed by atoms with E-state index in [9.17, 15) is 4.79 Å². The van der Waals surface area contributed by atoms with Gasteiger partial charge in [-0.3, -0.25) is 4.68 Å². The number of hydrogen-bond donors (Lipinski definition) is 2. The van der Waals surface area contributed by atoms with E-state index in [0.29, 0.717) is 15.0 Å². The Hall–Kier alpha value is -1.68. The first-order valence-electron chi connectivity index (χ1n) is 8.86. The Morgan fingerprint density at radius 1 is 1.41 bits per heavy atom. The highest BCUT2D eigenvalue weighted by atomic mass is 79.9. The number of halogens is 2. The Bertz CT molecular complexity index is 1080. The maximum Gasteiger partial charge on any atom is 0.349 e. The van der Waals surface area contributed by atoms with Gasteiger partial charge < -0.3 is 15.4 Å². The summed E-state index contributed by atoms with van der Waals surface area (Å²) in [7, 11) is 1.34. The second-order valence-electron chi connectivity index (χ2n) is 6.39. The summed E-state index contributed by atoms with van der Waals surface area (Å²) in [5, 5.41) is 12.6. The first-order valence-corrected chi connectivity index (χ1v) is 11.3. The van der Waals surface area contributed by atoms with E-state index in [1.165, 1.54) is 18.4 Å². The molecule has 2 aromatic heterocycles. The highest BCUT2D eigenvalue weighted by Gasteiger charge is 2.17. The lowest BCUT2D eigenvalue weighted by Gasteiger charge is -2.11. The van der Waals surface area contributed by atoms with E-state index in [4.69, 9.17) is 28.6 Å². The minimum absolute atomic E-state index is 0.401. The molecule has 0 aliphatic carbocycles. The van der Waals surface area contributed by atoms with Gasteiger partial charge in [0.25, 0.3) is 0 Å². The summed E-state index contributed by atoms with van der Waals surface area (Å²) in [6.45, 7) is 5.56. The molecule has 0 unspecified atom stereocenters. The van der Waals surface area contributed by atoms with Crippen LogP contribution in [-0.4, -0.2) is 34.5 Å². The molecule has 2 heterocycles. The molecule has 3 aromatic rings. The molecule has 29 heavy (non-hydrogen) atoms. The van der Waals surface area contributed by atoms with Gasteiger partial charge in [0.05, 0.1) is 22.3 Å². The van der Waals surface area contributed by atoms with Gasteiger partial charge in [0.1, 0.15) is 4.88 Å². The number of ether oxygens (including phenoxy) is 1. The average molecular weight is 516 g/mol. The predicted molar refractivity (Wildman–Crippen MR) is 126 cm³/mol. The van der Waals surface area contributed by atoms with Gasteiger partial charge in [0.15, 0.2) is 5.11 Å². The van der Waals surface area contributed by atoms with Gasteiger partial charge in [-0.15, -0.1) is 11.3 Å². The maximum absolute atomic E-state index is 11.8. The molecule has 1 aromatic carbocycles. The number of nitrogens with one attached hydrogen (secondary N) is 2. The molecule has 0 saturated carbocycles. The van der Waals surface area contributed by atoms with Crippen LogP contribution in [-0.2, 0) is 11.3 Å². The smallest absolute Gasteiger partial charge is 0.349 e. The number of carbonyl (C=O) groups excluding carboxylic acids is 1. The molecule has 0 aliphatic rings. The van der Waals surface area contributed by atoms with E-state index in [2.05, 4.69) is 31.7 Å². The van der Waals surface area contributed by atoms with Gasteiger partial charge >= 0.3 is 5.97 Å².